The molecule has 0 aliphatic carbocycles. The lowest BCUT2D eigenvalue weighted by molar-refractivity contribution is 0.0964. The predicted octanol–water partition coefficient (Wildman–Crippen LogP) is 3.14. The molecule has 0 atom stereocenters. The van der Waals surface area contributed by atoms with Gasteiger partial charge in [0.25, 0.3) is 0 Å². The summed E-state index contributed by atoms with van der Waals surface area (Å²) >= 11 is 0. The normalized spacial score (nSPS) is 10.8. The van der Waals surface area contributed by atoms with Crippen LogP contribution in [0.15, 0.2) is 51.7 Å². The van der Waals surface area contributed by atoms with Gasteiger partial charge in [-0.3, -0.25) is 4.79 Å². The molecule has 122 valence electrons. The smallest absolute Gasteiger partial charge is 0.388 e. The van der Waals surface area contributed by atoms with E-state index in [0.29, 0.717) is 11.1 Å². The average molecular weight is 326 g/mol. The SMILES string of the molecule is Cc1ccc(C)c(C(=O)Cn2nc(-c3ccc(F)cc3)oc2=O)c1. The molecule has 24 heavy (non-hydrogen) atoms. The van der Waals surface area contributed by atoms with Crippen molar-refractivity contribution in [3.63, 3.8) is 0 Å². The number of rotatable bonds is 4. The van der Waals surface area contributed by atoms with Gasteiger partial charge >= 0.3 is 5.76 Å². The van der Waals surface area contributed by atoms with Gasteiger partial charge in [-0.15, -0.1) is 5.10 Å². The summed E-state index contributed by atoms with van der Waals surface area (Å²) in [6.07, 6.45) is 0. The van der Waals surface area contributed by atoms with Crippen LogP contribution in [-0.2, 0) is 6.54 Å². The first-order valence-electron chi connectivity index (χ1n) is 7.38. The number of aromatic nitrogens is 2. The van der Waals surface area contributed by atoms with Crippen molar-refractivity contribution in [3.8, 4) is 11.5 Å². The van der Waals surface area contributed by atoms with E-state index in [1.165, 1.54) is 24.3 Å². The van der Waals surface area contributed by atoms with Gasteiger partial charge in [0.2, 0.25) is 5.89 Å². The molecule has 0 unspecified atom stereocenters. The van der Waals surface area contributed by atoms with Crippen molar-refractivity contribution in [2.45, 2.75) is 20.4 Å². The lowest BCUT2D eigenvalue weighted by Gasteiger charge is -2.05. The molecule has 3 aromatic rings. The summed E-state index contributed by atoms with van der Waals surface area (Å²) in [5.74, 6) is -1.30. The third-order valence-electron chi connectivity index (χ3n) is 3.68. The van der Waals surface area contributed by atoms with Gasteiger partial charge in [0.05, 0.1) is 0 Å². The molecule has 1 heterocycles. The number of hydrogen-bond donors (Lipinski definition) is 0. The molecule has 0 aliphatic heterocycles. The van der Waals surface area contributed by atoms with Crippen LogP contribution < -0.4 is 5.76 Å². The van der Waals surface area contributed by atoms with Crippen molar-refractivity contribution >= 4 is 5.78 Å². The van der Waals surface area contributed by atoms with Crippen molar-refractivity contribution in [2.24, 2.45) is 0 Å². The molecule has 6 heteroatoms. The second kappa shape index (κ2) is 6.23. The summed E-state index contributed by atoms with van der Waals surface area (Å²) < 4.78 is 19.0. The Morgan fingerprint density at radius 1 is 1.17 bits per heavy atom. The molecular weight excluding hydrogens is 311 g/mol. The van der Waals surface area contributed by atoms with Crippen LogP contribution in [0, 0.1) is 19.7 Å². The van der Waals surface area contributed by atoms with Gasteiger partial charge in [-0.25, -0.2) is 9.18 Å². The van der Waals surface area contributed by atoms with E-state index in [-0.39, 0.29) is 18.2 Å². The van der Waals surface area contributed by atoms with Crippen molar-refractivity contribution in [1.29, 1.82) is 0 Å². The van der Waals surface area contributed by atoms with E-state index >= 15 is 0 Å². The Bertz CT molecular complexity index is 955. The highest BCUT2D eigenvalue weighted by atomic mass is 19.1. The zero-order chi connectivity index (χ0) is 17.3. The van der Waals surface area contributed by atoms with Gasteiger partial charge in [0.15, 0.2) is 5.78 Å². The third kappa shape index (κ3) is 3.17. The Morgan fingerprint density at radius 3 is 2.58 bits per heavy atom. The second-order valence-corrected chi connectivity index (χ2v) is 5.58. The minimum atomic E-state index is -0.729. The Hall–Kier alpha value is -3.02. The number of nitrogens with zero attached hydrogens (tertiary/aromatic N) is 2. The average Bonchev–Trinajstić information content (AvgIpc) is 2.91. The van der Waals surface area contributed by atoms with Crippen LogP contribution in [0.1, 0.15) is 21.5 Å². The molecule has 0 saturated heterocycles. The predicted molar refractivity (Wildman–Crippen MR) is 86.4 cm³/mol. The maximum atomic E-state index is 13.0. The minimum Gasteiger partial charge on any atom is -0.388 e. The number of Topliss-reactive ketones (excluding diaryl/α,β-unsaturated/α-hetero) is 1. The van der Waals surface area contributed by atoms with E-state index in [9.17, 15) is 14.0 Å². The van der Waals surface area contributed by atoms with Crippen LogP contribution >= 0.6 is 0 Å². The van der Waals surface area contributed by atoms with Crippen LogP contribution in [0.2, 0.25) is 0 Å². The monoisotopic (exact) mass is 326 g/mol. The maximum absolute atomic E-state index is 13.0. The molecule has 1 aromatic heterocycles. The minimum absolute atomic E-state index is 0.0498. The van der Waals surface area contributed by atoms with Crippen LogP contribution in [0.25, 0.3) is 11.5 Å². The molecule has 0 spiro atoms. The maximum Gasteiger partial charge on any atom is 0.437 e. The van der Waals surface area contributed by atoms with Crippen molar-refractivity contribution in [3.05, 3.63) is 75.5 Å². The molecule has 3 rings (SSSR count). The molecule has 0 saturated carbocycles. The first-order valence-corrected chi connectivity index (χ1v) is 7.38. The van der Waals surface area contributed by atoms with E-state index in [1.807, 2.05) is 26.0 Å². The lowest BCUT2D eigenvalue weighted by atomic mass is 10.0. The van der Waals surface area contributed by atoms with E-state index in [2.05, 4.69) is 5.10 Å². The summed E-state index contributed by atoms with van der Waals surface area (Å²) in [6, 6.07) is 11.0. The fourth-order valence-corrected chi connectivity index (χ4v) is 2.37. The van der Waals surface area contributed by atoms with E-state index < -0.39 is 11.6 Å². The summed E-state index contributed by atoms with van der Waals surface area (Å²) in [4.78, 5) is 24.3. The number of aryl methyl sites for hydroxylation is 2. The van der Waals surface area contributed by atoms with Gasteiger partial charge in [0, 0.05) is 11.1 Å². The Kier molecular flexibility index (Phi) is 4.12. The zero-order valence-corrected chi connectivity index (χ0v) is 13.2. The van der Waals surface area contributed by atoms with Gasteiger partial charge in [0.1, 0.15) is 12.4 Å². The van der Waals surface area contributed by atoms with E-state index in [1.54, 1.807) is 6.07 Å². The number of ketones is 1. The highest BCUT2D eigenvalue weighted by Crippen LogP contribution is 2.16. The number of carbonyl (C=O) groups excluding carboxylic acids is 1. The molecule has 2 aromatic carbocycles. The quantitative estimate of drug-likeness (QED) is 0.691. The largest absolute Gasteiger partial charge is 0.437 e. The van der Waals surface area contributed by atoms with Crippen molar-refractivity contribution in [1.82, 2.24) is 9.78 Å². The number of halogens is 1. The number of benzene rings is 2. The van der Waals surface area contributed by atoms with Crippen LogP contribution in [0.4, 0.5) is 4.39 Å². The zero-order valence-electron chi connectivity index (χ0n) is 13.2. The first kappa shape index (κ1) is 15.9. The van der Waals surface area contributed by atoms with Crippen molar-refractivity contribution < 1.29 is 13.6 Å². The lowest BCUT2D eigenvalue weighted by Crippen LogP contribution is -2.22. The first-order chi connectivity index (χ1) is 11.4. The van der Waals surface area contributed by atoms with E-state index in [4.69, 9.17) is 4.42 Å². The summed E-state index contributed by atoms with van der Waals surface area (Å²) in [5.41, 5.74) is 2.81. The van der Waals surface area contributed by atoms with Crippen LogP contribution in [0.3, 0.4) is 0 Å². The highest BCUT2D eigenvalue weighted by Gasteiger charge is 2.16. The Morgan fingerprint density at radius 2 is 1.88 bits per heavy atom. The molecule has 0 N–H and O–H groups in total. The highest BCUT2D eigenvalue weighted by molar-refractivity contribution is 5.97. The summed E-state index contributed by atoms with van der Waals surface area (Å²) in [6.45, 7) is 3.52. The number of carbonyl (C=O) groups is 1. The van der Waals surface area contributed by atoms with E-state index in [0.717, 1.165) is 15.8 Å². The van der Waals surface area contributed by atoms with Crippen LogP contribution in [-0.4, -0.2) is 15.6 Å². The molecule has 0 amide bonds. The fraction of sp³-hybridized carbons (Fsp3) is 0.167. The van der Waals surface area contributed by atoms with Crippen molar-refractivity contribution in [2.75, 3.05) is 0 Å². The molecule has 0 aliphatic rings. The summed E-state index contributed by atoms with van der Waals surface area (Å²) in [7, 11) is 0. The van der Waals surface area contributed by atoms with Gasteiger partial charge in [-0.2, -0.15) is 4.68 Å². The molecule has 0 fully saturated rings. The van der Waals surface area contributed by atoms with Gasteiger partial charge < -0.3 is 4.42 Å². The topological polar surface area (TPSA) is 65.1 Å². The second-order valence-electron chi connectivity index (χ2n) is 5.58. The molecular formula is C18H15FN2O3. The molecule has 0 bridgehead atoms. The Balaban J connectivity index is 1.88. The standard InChI is InChI=1S/C18H15FN2O3/c1-11-3-4-12(2)15(9-11)16(22)10-21-18(23)24-17(20-21)13-5-7-14(19)8-6-13/h3-9H,10H2,1-2H3. The van der Waals surface area contributed by atoms with Gasteiger partial charge in [-0.05, 0) is 49.7 Å². The number of hydrogen-bond acceptors (Lipinski definition) is 4. The summed E-state index contributed by atoms with van der Waals surface area (Å²) in [5, 5.41) is 4.02. The van der Waals surface area contributed by atoms with Gasteiger partial charge in [-0.1, -0.05) is 17.7 Å². The fourth-order valence-electron chi connectivity index (χ4n) is 2.37. The molecule has 5 nitrogen and oxygen atoms in total. The Labute approximate surface area is 137 Å². The third-order valence-corrected chi connectivity index (χ3v) is 3.68. The van der Waals surface area contributed by atoms with Crippen LogP contribution in [0.5, 0.6) is 0 Å². The molecule has 0 radical (unpaired) electrons.